The lowest BCUT2D eigenvalue weighted by Crippen LogP contribution is -2.62. The molecular formula is C42H66O12. The van der Waals surface area contributed by atoms with E-state index in [1.54, 1.807) is 26.0 Å². The number of ether oxygens (including phenoxy) is 7. The highest BCUT2D eigenvalue weighted by Gasteiger charge is 2.57. The highest BCUT2D eigenvalue weighted by atomic mass is 16.7. The summed E-state index contributed by atoms with van der Waals surface area (Å²) in [6, 6.07) is 0. The van der Waals surface area contributed by atoms with Crippen molar-refractivity contribution in [2.75, 3.05) is 13.7 Å². The number of aliphatic hydroxyl groups is 3. The molecule has 4 aliphatic heterocycles. The largest absolute Gasteiger partial charge is 0.493 e. The van der Waals surface area contributed by atoms with Crippen LogP contribution in [0.15, 0.2) is 48.8 Å². The number of fused-ring (bicyclic) bond motifs is 6. The summed E-state index contributed by atoms with van der Waals surface area (Å²) in [5, 5.41) is 34.2. The smallest absolute Gasteiger partial charge is 0.330 e. The number of carbonyl (C=O) groups is 2. The highest BCUT2D eigenvalue weighted by molar-refractivity contribution is 5.83. The third-order valence-electron chi connectivity index (χ3n) is 11.0. The van der Waals surface area contributed by atoms with Gasteiger partial charge in [0, 0.05) is 43.6 Å². The maximum atomic E-state index is 13.4. The molecule has 4 rings (SSSR count). The predicted octanol–water partition coefficient (Wildman–Crippen LogP) is 6.26. The molecule has 0 aromatic carbocycles. The maximum Gasteiger partial charge on any atom is 0.330 e. The van der Waals surface area contributed by atoms with Crippen LogP contribution in [-0.4, -0.2) is 102 Å². The number of esters is 2. The number of hydrogen-bond acceptors (Lipinski definition) is 12. The predicted molar refractivity (Wildman–Crippen MR) is 202 cm³/mol. The van der Waals surface area contributed by atoms with E-state index < -0.39 is 60.5 Å². The van der Waals surface area contributed by atoms with Crippen LogP contribution in [-0.2, 0) is 42.7 Å². The number of unbranched alkanes of at least 4 members (excludes halogenated alkanes) is 4. The standard InChI is InChI=1S/C42H66O12/c1-7-9-10-11-12-17-37(45)53-40-29(22-38(46)48-6)21-35-26-36(27-43)49-28(3)20-30(44)23-32-15-13-16-33(50-32)25-34-24-31(14-8-2)51-39(52-34)18-19-41(4,5)42(40,47)54-35/h8,18-19,22,30-36,39-40,43-44,47H,2-3,7,9-17,20-21,23-27H2,1,4-6H3/b19-18+,29-22+/t30-,31-,32-,33+,34?,35?,36+,39-,40-,42+/m0/s1. The summed E-state index contributed by atoms with van der Waals surface area (Å²) < 4.78 is 42.9. The SMILES string of the molecule is C=CC[C@H]1CC2C[C@H]3CCC[C@@H](C[C@@H](O)CC(=C)O[C@@H](CO)CC4C/C(=C\C(=O)OC)[C@H](OC(=O)CCCCCCC)[C@@](O)(O4)C(C)(C)/C=C/[C@H](O2)O1)O3. The van der Waals surface area contributed by atoms with Crippen LogP contribution in [0.25, 0.3) is 0 Å². The summed E-state index contributed by atoms with van der Waals surface area (Å²) in [7, 11) is 1.25. The normalized spacial score (nSPS) is 36.3. The molecular weight excluding hydrogens is 696 g/mol. The number of methoxy groups -OCH3 is 1. The molecule has 0 aromatic heterocycles. The van der Waals surface area contributed by atoms with Gasteiger partial charge in [-0.15, -0.1) is 6.58 Å². The molecule has 3 fully saturated rings. The topological polar surface area (TPSA) is 159 Å². The van der Waals surface area contributed by atoms with Crippen molar-refractivity contribution in [3.8, 4) is 0 Å². The lowest BCUT2D eigenvalue weighted by molar-refractivity contribution is -0.327. The van der Waals surface area contributed by atoms with Crippen LogP contribution in [0.3, 0.4) is 0 Å². The second-order valence-electron chi connectivity index (χ2n) is 16.0. The number of aliphatic hydroxyl groups excluding tert-OH is 2. The quantitative estimate of drug-likeness (QED) is 0.0941. The van der Waals surface area contributed by atoms with E-state index in [1.807, 2.05) is 6.08 Å². The summed E-state index contributed by atoms with van der Waals surface area (Å²) in [5.74, 6) is -3.12. The van der Waals surface area contributed by atoms with Gasteiger partial charge in [-0.2, -0.15) is 0 Å². The Kier molecular flexibility index (Phi) is 17.2. The Labute approximate surface area is 321 Å². The molecule has 4 aliphatic rings. The maximum absolute atomic E-state index is 13.4. The molecule has 0 saturated carbocycles. The van der Waals surface area contributed by atoms with Crippen LogP contribution in [0.5, 0.6) is 0 Å². The van der Waals surface area contributed by atoms with Gasteiger partial charge in [0.2, 0.25) is 5.79 Å². The van der Waals surface area contributed by atoms with Crippen LogP contribution >= 0.6 is 0 Å². The van der Waals surface area contributed by atoms with Gasteiger partial charge in [-0.3, -0.25) is 4.79 Å². The zero-order valence-corrected chi connectivity index (χ0v) is 33.0. The molecule has 0 amide bonds. The molecule has 54 heavy (non-hydrogen) atoms. The Morgan fingerprint density at radius 2 is 1.69 bits per heavy atom. The fourth-order valence-corrected chi connectivity index (χ4v) is 8.01. The number of carbonyl (C=O) groups excluding carboxylic acids is 2. The molecule has 0 radical (unpaired) electrons. The highest BCUT2D eigenvalue weighted by Crippen LogP contribution is 2.47. The van der Waals surface area contributed by atoms with E-state index in [1.165, 1.54) is 13.2 Å². The Hall–Kier alpha value is -2.58. The Balaban J connectivity index is 1.72. The number of hydrogen-bond donors (Lipinski definition) is 3. The van der Waals surface area contributed by atoms with Crippen molar-refractivity contribution in [2.45, 2.75) is 184 Å². The molecule has 0 aliphatic carbocycles. The van der Waals surface area contributed by atoms with E-state index in [0.717, 1.165) is 44.9 Å². The average molecular weight is 763 g/mol. The van der Waals surface area contributed by atoms with E-state index in [-0.39, 0.29) is 50.1 Å². The molecule has 4 heterocycles. The van der Waals surface area contributed by atoms with E-state index >= 15 is 0 Å². The molecule has 0 aromatic rings. The van der Waals surface area contributed by atoms with E-state index in [9.17, 15) is 24.9 Å². The van der Waals surface area contributed by atoms with Crippen LogP contribution < -0.4 is 0 Å². The summed E-state index contributed by atoms with van der Waals surface area (Å²) in [6.45, 7) is 13.2. The van der Waals surface area contributed by atoms with Gasteiger partial charge in [0.25, 0.3) is 0 Å². The van der Waals surface area contributed by atoms with Gasteiger partial charge in [0.05, 0.1) is 56.1 Å². The van der Waals surface area contributed by atoms with Crippen molar-refractivity contribution >= 4 is 11.9 Å². The first-order chi connectivity index (χ1) is 25.8. The first-order valence-corrected chi connectivity index (χ1v) is 20.1. The monoisotopic (exact) mass is 762 g/mol. The van der Waals surface area contributed by atoms with Gasteiger partial charge in [-0.05, 0) is 56.6 Å². The Bertz CT molecular complexity index is 1290. The fraction of sp³-hybridized carbons (Fsp3) is 0.762. The average Bonchev–Trinajstić information content (AvgIpc) is 3.11. The van der Waals surface area contributed by atoms with E-state index in [4.69, 9.17) is 33.2 Å². The van der Waals surface area contributed by atoms with Crippen molar-refractivity contribution in [1.29, 1.82) is 0 Å². The molecule has 306 valence electrons. The van der Waals surface area contributed by atoms with Gasteiger partial charge in [0.1, 0.15) is 6.10 Å². The van der Waals surface area contributed by atoms with Crippen LogP contribution in [0.1, 0.15) is 124 Å². The first kappa shape index (κ1) is 44.1. The lowest BCUT2D eigenvalue weighted by atomic mass is 9.74. The van der Waals surface area contributed by atoms with Crippen LogP contribution in [0.4, 0.5) is 0 Å². The minimum Gasteiger partial charge on any atom is -0.493 e. The molecule has 3 saturated heterocycles. The zero-order chi connectivity index (χ0) is 39.3. The fourth-order valence-electron chi connectivity index (χ4n) is 8.01. The molecule has 6 bridgehead atoms. The van der Waals surface area contributed by atoms with Crippen LogP contribution in [0, 0.1) is 5.41 Å². The second kappa shape index (κ2) is 21.1. The minimum absolute atomic E-state index is 0.0521. The summed E-state index contributed by atoms with van der Waals surface area (Å²) in [5.41, 5.74) is -0.970. The molecule has 0 spiro atoms. The third-order valence-corrected chi connectivity index (χ3v) is 11.0. The van der Waals surface area contributed by atoms with E-state index in [2.05, 4.69) is 20.1 Å². The van der Waals surface area contributed by atoms with Gasteiger partial charge >= 0.3 is 11.9 Å². The minimum atomic E-state index is -2.21. The Morgan fingerprint density at radius 3 is 2.39 bits per heavy atom. The van der Waals surface area contributed by atoms with Crippen molar-refractivity contribution in [1.82, 2.24) is 0 Å². The first-order valence-electron chi connectivity index (χ1n) is 20.1. The second-order valence-corrected chi connectivity index (χ2v) is 16.0. The van der Waals surface area contributed by atoms with Gasteiger partial charge in [-0.25, -0.2) is 4.79 Å². The third kappa shape index (κ3) is 12.7. The number of rotatable bonds is 11. The van der Waals surface area contributed by atoms with Crippen molar-refractivity contribution in [2.24, 2.45) is 5.41 Å². The summed E-state index contributed by atoms with van der Waals surface area (Å²) >= 11 is 0. The zero-order valence-electron chi connectivity index (χ0n) is 33.0. The lowest BCUT2D eigenvalue weighted by Gasteiger charge is -2.51. The molecule has 10 atom stereocenters. The van der Waals surface area contributed by atoms with Crippen molar-refractivity contribution < 1.29 is 58.1 Å². The van der Waals surface area contributed by atoms with Crippen LogP contribution in [0.2, 0.25) is 0 Å². The molecule has 3 N–H and O–H groups in total. The van der Waals surface area contributed by atoms with Gasteiger partial charge in [-0.1, -0.05) is 65.2 Å². The molecule has 2 unspecified atom stereocenters. The molecule has 12 heteroatoms. The molecule has 12 nitrogen and oxygen atoms in total. The van der Waals surface area contributed by atoms with Gasteiger partial charge < -0.3 is 48.5 Å². The summed E-state index contributed by atoms with van der Waals surface area (Å²) in [4.78, 5) is 26.1. The Morgan fingerprint density at radius 1 is 0.963 bits per heavy atom. The van der Waals surface area contributed by atoms with Crippen molar-refractivity contribution in [3.63, 3.8) is 0 Å². The van der Waals surface area contributed by atoms with Crippen molar-refractivity contribution in [3.05, 3.63) is 48.8 Å². The van der Waals surface area contributed by atoms with Gasteiger partial charge in [0.15, 0.2) is 12.4 Å². The summed E-state index contributed by atoms with van der Waals surface area (Å²) in [6.07, 6.45) is 11.6. The van der Waals surface area contributed by atoms with E-state index in [0.29, 0.717) is 43.4 Å².